The monoisotopic (exact) mass is 417 g/mol. The number of carbonyl (C=O) groups excluding carboxylic acids is 1. The summed E-state index contributed by atoms with van der Waals surface area (Å²) in [7, 11) is 1.99. The number of hydrogen-bond donors (Lipinski definition) is 0. The van der Waals surface area contributed by atoms with Crippen molar-refractivity contribution in [2.24, 2.45) is 10.9 Å². The highest BCUT2D eigenvalue weighted by molar-refractivity contribution is 6.19. The number of aliphatic imine (C=N–C) groups is 1. The highest BCUT2D eigenvalue weighted by Crippen LogP contribution is 2.46. The number of benzene rings is 2. The van der Waals surface area contributed by atoms with Crippen LogP contribution in [0.3, 0.4) is 0 Å². The van der Waals surface area contributed by atoms with Crippen LogP contribution in [0.25, 0.3) is 0 Å². The first-order valence-corrected chi connectivity index (χ1v) is 10.8. The molecule has 6 nitrogen and oxygen atoms in total. The van der Waals surface area contributed by atoms with E-state index < -0.39 is 0 Å². The van der Waals surface area contributed by atoms with E-state index in [0.717, 1.165) is 52.7 Å². The van der Waals surface area contributed by atoms with Gasteiger partial charge >= 0.3 is 0 Å². The molecule has 31 heavy (non-hydrogen) atoms. The Kier molecular flexibility index (Phi) is 4.93. The van der Waals surface area contributed by atoms with Gasteiger partial charge in [0.05, 0.1) is 12.6 Å². The molecule has 0 saturated heterocycles. The zero-order chi connectivity index (χ0) is 21.5. The largest absolute Gasteiger partial charge is 0.454 e. The number of fused-ring (bicyclic) bond motifs is 1. The molecule has 2 aromatic rings. The molecule has 3 heterocycles. The normalized spacial score (nSPS) is 20.3. The van der Waals surface area contributed by atoms with Gasteiger partial charge in [-0.2, -0.15) is 0 Å². The maximum absolute atomic E-state index is 13.9. The molecule has 0 N–H and O–H groups in total. The lowest BCUT2D eigenvalue weighted by molar-refractivity contribution is -0.116. The Bertz CT molecular complexity index is 1070. The van der Waals surface area contributed by atoms with Gasteiger partial charge in [-0.15, -0.1) is 0 Å². The smallest absolute Gasteiger partial charge is 0.275 e. The Labute approximate surface area is 182 Å². The first kappa shape index (κ1) is 19.7. The molecule has 0 fully saturated rings. The van der Waals surface area contributed by atoms with Crippen LogP contribution in [-0.2, 0) is 4.79 Å². The Balaban J connectivity index is 1.71. The van der Waals surface area contributed by atoms with Crippen LogP contribution in [-0.4, -0.2) is 43.4 Å². The second-order valence-corrected chi connectivity index (χ2v) is 8.64. The van der Waals surface area contributed by atoms with Crippen LogP contribution in [0.2, 0.25) is 0 Å². The molecule has 0 saturated carbocycles. The third-order valence-corrected chi connectivity index (χ3v) is 5.99. The van der Waals surface area contributed by atoms with Gasteiger partial charge in [0.1, 0.15) is 5.70 Å². The zero-order valence-electron chi connectivity index (χ0n) is 18.2. The average molecular weight is 418 g/mol. The molecule has 2 aromatic carbocycles. The Morgan fingerprint density at radius 1 is 1.10 bits per heavy atom. The van der Waals surface area contributed by atoms with E-state index in [-0.39, 0.29) is 18.7 Å². The molecule has 1 amide bonds. The van der Waals surface area contributed by atoms with Crippen molar-refractivity contribution < 1.29 is 14.3 Å². The Hall–Kier alpha value is -3.28. The van der Waals surface area contributed by atoms with Crippen LogP contribution in [0.4, 0.5) is 5.69 Å². The van der Waals surface area contributed by atoms with Crippen molar-refractivity contribution in [2.45, 2.75) is 26.3 Å². The summed E-state index contributed by atoms with van der Waals surface area (Å²) in [5.41, 5.74) is 4.67. The van der Waals surface area contributed by atoms with Gasteiger partial charge in [-0.25, -0.2) is 0 Å². The number of carbonyl (C=O) groups is 1. The van der Waals surface area contributed by atoms with Crippen molar-refractivity contribution in [3.05, 3.63) is 65.4 Å². The van der Waals surface area contributed by atoms with Crippen LogP contribution in [0.1, 0.15) is 31.9 Å². The van der Waals surface area contributed by atoms with Crippen LogP contribution in [0.15, 0.2) is 64.8 Å². The van der Waals surface area contributed by atoms with E-state index in [9.17, 15) is 4.79 Å². The molecule has 6 heteroatoms. The van der Waals surface area contributed by atoms with Crippen molar-refractivity contribution in [3.8, 4) is 11.5 Å². The van der Waals surface area contributed by atoms with Crippen molar-refractivity contribution in [1.82, 2.24) is 4.90 Å². The lowest BCUT2D eigenvalue weighted by atomic mass is 9.90. The van der Waals surface area contributed by atoms with Crippen molar-refractivity contribution in [1.29, 1.82) is 0 Å². The van der Waals surface area contributed by atoms with Gasteiger partial charge < -0.3 is 14.4 Å². The molecule has 0 aromatic heterocycles. The van der Waals surface area contributed by atoms with Crippen molar-refractivity contribution in [3.63, 3.8) is 0 Å². The van der Waals surface area contributed by atoms with E-state index >= 15 is 0 Å². The maximum Gasteiger partial charge on any atom is 0.275 e. The molecule has 1 atom stereocenters. The maximum atomic E-state index is 13.9. The molecule has 1 unspecified atom stereocenters. The van der Waals surface area contributed by atoms with Crippen molar-refractivity contribution >= 4 is 17.3 Å². The molecule has 0 aliphatic carbocycles. The number of nitrogens with zero attached hydrogens (tertiary/aromatic N) is 3. The van der Waals surface area contributed by atoms with Gasteiger partial charge in [0.2, 0.25) is 6.79 Å². The first-order valence-electron chi connectivity index (χ1n) is 10.8. The third kappa shape index (κ3) is 3.36. The number of para-hydroxylation sites is 1. The van der Waals surface area contributed by atoms with E-state index in [2.05, 4.69) is 18.7 Å². The number of rotatable bonds is 4. The molecular formula is C25H27N3O3. The van der Waals surface area contributed by atoms with Crippen LogP contribution in [0, 0.1) is 5.92 Å². The lowest BCUT2D eigenvalue weighted by Crippen LogP contribution is -2.34. The highest BCUT2D eigenvalue weighted by atomic mass is 16.7. The summed E-state index contributed by atoms with van der Waals surface area (Å²) in [6.45, 7) is 6.03. The quantitative estimate of drug-likeness (QED) is 0.749. The van der Waals surface area contributed by atoms with E-state index in [1.54, 1.807) is 0 Å². The predicted octanol–water partition coefficient (Wildman–Crippen LogP) is 4.19. The zero-order valence-corrected chi connectivity index (χ0v) is 18.2. The fourth-order valence-corrected chi connectivity index (χ4v) is 4.62. The topological polar surface area (TPSA) is 54.4 Å². The Morgan fingerprint density at radius 2 is 1.87 bits per heavy atom. The minimum absolute atomic E-state index is 0.0183. The summed E-state index contributed by atoms with van der Waals surface area (Å²) in [6, 6.07) is 15.6. The molecule has 3 aliphatic rings. The number of hydrogen-bond acceptors (Lipinski definition) is 5. The van der Waals surface area contributed by atoms with Crippen LogP contribution < -0.4 is 14.4 Å². The average Bonchev–Trinajstić information content (AvgIpc) is 3.30. The summed E-state index contributed by atoms with van der Waals surface area (Å²) in [4.78, 5) is 22.8. The first-order chi connectivity index (χ1) is 15.0. The van der Waals surface area contributed by atoms with Gasteiger partial charge in [0.15, 0.2) is 11.5 Å². The van der Waals surface area contributed by atoms with E-state index in [1.807, 2.05) is 60.5 Å². The lowest BCUT2D eigenvalue weighted by Gasteiger charge is -2.29. The van der Waals surface area contributed by atoms with E-state index in [1.165, 1.54) is 0 Å². The highest BCUT2D eigenvalue weighted by Gasteiger charge is 2.45. The summed E-state index contributed by atoms with van der Waals surface area (Å²) in [5.74, 6) is 1.91. The van der Waals surface area contributed by atoms with Gasteiger partial charge in [0.25, 0.3) is 5.91 Å². The van der Waals surface area contributed by atoms with E-state index in [0.29, 0.717) is 12.5 Å². The number of ether oxygens (including phenoxy) is 2. The Morgan fingerprint density at radius 3 is 2.65 bits per heavy atom. The fraction of sp³-hybridized carbons (Fsp3) is 0.360. The SMILES string of the molecule is CC(C)CC1=NCCN(C)C2=C1C(c1ccc3c(c1)OCO3)N(c1ccccc1)C2=O. The third-order valence-electron chi connectivity index (χ3n) is 5.99. The minimum Gasteiger partial charge on any atom is -0.454 e. The number of anilines is 1. The summed E-state index contributed by atoms with van der Waals surface area (Å²) in [5, 5.41) is 0. The molecular weight excluding hydrogens is 390 g/mol. The second-order valence-electron chi connectivity index (χ2n) is 8.64. The van der Waals surface area contributed by atoms with Gasteiger partial charge in [-0.1, -0.05) is 38.1 Å². The second kappa shape index (κ2) is 7.76. The predicted molar refractivity (Wildman–Crippen MR) is 121 cm³/mol. The van der Waals surface area contributed by atoms with E-state index in [4.69, 9.17) is 14.5 Å². The molecule has 160 valence electrons. The summed E-state index contributed by atoms with van der Waals surface area (Å²) in [6.07, 6.45) is 0.837. The summed E-state index contributed by atoms with van der Waals surface area (Å²) >= 11 is 0. The van der Waals surface area contributed by atoms with Gasteiger partial charge in [-0.3, -0.25) is 14.7 Å². The minimum atomic E-state index is -0.266. The molecule has 5 rings (SSSR count). The number of amides is 1. The fourth-order valence-electron chi connectivity index (χ4n) is 4.62. The molecule has 3 aliphatic heterocycles. The molecule has 0 bridgehead atoms. The standard InChI is InChI=1S/C25H27N3O3/c1-16(2)13-19-22-23(17-9-10-20-21(14-17)31-15-30-20)28(18-7-5-4-6-8-18)25(29)24(22)27(3)12-11-26-19/h4-10,14,16,23H,11-13,15H2,1-3H3. The molecule has 0 radical (unpaired) electrons. The van der Waals surface area contributed by atoms with Crippen LogP contribution >= 0.6 is 0 Å². The summed E-state index contributed by atoms with van der Waals surface area (Å²) < 4.78 is 11.2. The number of likely N-dealkylation sites (N-methyl/N-ethyl adjacent to an activating group) is 1. The van der Waals surface area contributed by atoms with Gasteiger partial charge in [-0.05, 0) is 42.2 Å². The van der Waals surface area contributed by atoms with Crippen LogP contribution in [0.5, 0.6) is 11.5 Å². The van der Waals surface area contributed by atoms with Gasteiger partial charge in [0, 0.05) is 30.6 Å². The molecule has 0 spiro atoms. The van der Waals surface area contributed by atoms with Crippen molar-refractivity contribution in [2.75, 3.05) is 31.8 Å².